The van der Waals surface area contributed by atoms with Crippen LogP contribution in [0.15, 0.2) is 29.1 Å². The van der Waals surface area contributed by atoms with Crippen LogP contribution in [0, 0.1) is 5.41 Å². The summed E-state index contributed by atoms with van der Waals surface area (Å²) in [6.45, 7) is 1.47. The van der Waals surface area contributed by atoms with Gasteiger partial charge in [0, 0.05) is 24.3 Å². The van der Waals surface area contributed by atoms with E-state index in [1.807, 2.05) is 18.2 Å². The molecule has 0 bridgehead atoms. The van der Waals surface area contributed by atoms with Gasteiger partial charge in [-0.15, -0.1) is 0 Å². The average Bonchev–Trinajstić information content (AvgIpc) is 2.69. The monoisotopic (exact) mass is 364 g/mol. The topological polar surface area (TPSA) is 78.1 Å². The second-order valence-electron chi connectivity index (χ2n) is 8.08. The minimum absolute atomic E-state index is 0.0133. The van der Waals surface area contributed by atoms with E-state index in [2.05, 4.69) is 21.3 Å². The Bertz CT molecular complexity index is 957. The highest BCUT2D eigenvalue weighted by atomic mass is 16.2. The number of H-pyrrole nitrogens is 1. The molecule has 3 aliphatic rings. The zero-order valence-electron chi connectivity index (χ0n) is 15.4. The first kappa shape index (κ1) is 16.5. The second kappa shape index (κ2) is 6.22. The number of aryl methyl sites for hydroxylation is 1. The number of aromatic nitrogens is 2. The number of carbonyl (C=O) groups is 1. The molecule has 6 heteroatoms. The fourth-order valence-electron chi connectivity index (χ4n) is 4.79. The first-order valence-corrected chi connectivity index (χ1v) is 9.91. The summed E-state index contributed by atoms with van der Waals surface area (Å²) >= 11 is 0. The van der Waals surface area contributed by atoms with Gasteiger partial charge in [-0.2, -0.15) is 0 Å². The Balaban J connectivity index is 1.37. The van der Waals surface area contributed by atoms with Crippen molar-refractivity contribution >= 4 is 17.5 Å². The van der Waals surface area contributed by atoms with Gasteiger partial charge >= 0.3 is 0 Å². The molecule has 27 heavy (non-hydrogen) atoms. The third-order valence-corrected chi connectivity index (χ3v) is 6.48. The van der Waals surface area contributed by atoms with E-state index in [1.54, 1.807) is 0 Å². The quantitative estimate of drug-likeness (QED) is 0.815. The van der Waals surface area contributed by atoms with Gasteiger partial charge in [0.15, 0.2) is 0 Å². The molecule has 0 radical (unpaired) electrons. The van der Waals surface area contributed by atoms with Crippen molar-refractivity contribution < 1.29 is 4.79 Å². The molecule has 6 nitrogen and oxygen atoms in total. The summed E-state index contributed by atoms with van der Waals surface area (Å²) in [4.78, 5) is 35.1. The summed E-state index contributed by atoms with van der Waals surface area (Å²) in [6.07, 6.45) is 6.23. The summed E-state index contributed by atoms with van der Waals surface area (Å²) in [5, 5.41) is 3.09. The van der Waals surface area contributed by atoms with Gasteiger partial charge < -0.3 is 10.2 Å². The van der Waals surface area contributed by atoms with E-state index in [0.29, 0.717) is 5.95 Å². The van der Waals surface area contributed by atoms with Crippen molar-refractivity contribution in [3.05, 3.63) is 51.4 Å². The van der Waals surface area contributed by atoms with E-state index in [1.165, 1.54) is 5.56 Å². The van der Waals surface area contributed by atoms with Crippen LogP contribution < -0.4 is 15.8 Å². The van der Waals surface area contributed by atoms with Gasteiger partial charge in [0.2, 0.25) is 11.9 Å². The standard InChI is InChI=1S/C21H24N4O2/c26-18-15-6-2-4-8-17(15)23-20(24-18)25-11-9-21(10-12-25)13-14-5-1-3-7-16(14)22-19(21)27/h1,3,5,7H,2,4,6,8-13H2,(H,22,27)(H,23,24,26). The van der Waals surface area contributed by atoms with E-state index < -0.39 is 0 Å². The van der Waals surface area contributed by atoms with E-state index in [9.17, 15) is 9.59 Å². The lowest BCUT2D eigenvalue weighted by Gasteiger charge is -2.43. The lowest BCUT2D eigenvalue weighted by molar-refractivity contribution is -0.127. The van der Waals surface area contributed by atoms with Gasteiger partial charge in [-0.05, 0) is 56.6 Å². The Morgan fingerprint density at radius 1 is 1.04 bits per heavy atom. The maximum absolute atomic E-state index is 12.8. The van der Waals surface area contributed by atoms with Crippen LogP contribution in [0.25, 0.3) is 0 Å². The van der Waals surface area contributed by atoms with Crippen molar-refractivity contribution in [1.29, 1.82) is 0 Å². The molecule has 1 fully saturated rings. The largest absolute Gasteiger partial charge is 0.342 e. The normalized spacial score (nSPS) is 20.7. The summed E-state index contributed by atoms with van der Waals surface area (Å²) in [7, 11) is 0. The number of rotatable bonds is 1. The number of hydrogen-bond donors (Lipinski definition) is 2. The highest BCUT2D eigenvalue weighted by Crippen LogP contribution is 2.41. The van der Waals surface area contributed by atoms with Crippen LogP contribution in [-0.2, 0) is 24.1 Å². The van der Waals surface area contributed by atoms with Crippen LogP contribution in [0.5, 0.6) is 0 Å². The number of hydrogen-bond acceptors (Lipinski definition) is 4. The molecule has 2 N–H and O–H groups in total. The number of carbonyl (C=O) groups excluding carboxylic acids is 1. The fraction of sp³-hybridized carbons (Fsp3) is 0.476. The third kappa shape index (κ3) is 2.74. The number of anilines is 2. The van der Waals surface area contributed by atoms with Gasteiger partial charge in [0.25, 0.3) is 5.56 Å². The number of fused-ring (bicyclic) bond motifs is 2. The third-order valence-electron chi connectivity index (χ3n) is 6.48. The van der Waals surface area contributed by atoms with Crippen LogP contribution in [0.1, 0.15) is 42.5 Å². The summed E-state index contributed by atoms with van der Waals surface area (Å²) in [6, 6.07) is 8.06. The van der Waals surface area contributed by atoms with Crippen LogP contribution in [0.3, 0.4) is 0 Å². The zero-order chi connectivity index (χ0) is 18.4. The van der Waals surface area contributed by atoms with Gasteiger partial charge in [0.1, 0.15) is 0 Å². The first-order chi connectivity index (χ1) is 13.1. The Hall–Kier alpha value is -2.63. The molecule has 140 valence electrons. The van der Waals surface area contributed by atoms with E-state index in [4.69, 9.17) is 4.98 Å². The zero-order valence-corrected chi connectivity index (χ0v) is 15.4. The predicted octanol–water partition coefficient (Wildman–Crippen LogP) is 2.43. The van der Waals surface area contributed by atoms with Crippen LogP contribution in [0.4, 0.5) is 11.6 Å². The van der Waals surface area contributed by atoms with Crippen molar-refractivity contribution in [3.8, 4) is 0 Å². The Labute approximate surface area is 158 Å². The van der Waals surface area contributed by atoms with Crippen LogP contribution in [-0.4, -0.2) is 29.0 Å². The first-order valence-electron chi connectivity index (χ1n) is 9.91. The SMILES string of the molecule is O=C1Nc2ccccc2CC12CCN(c1nc3c(c(=O)[nH]1)CCCC3)CC2. The minimum atomic E-state index is -0.348. The highest BCUT2D eigenvalue weighted by Gasteiger charge is 2.44. The van der Waals surface area contributed by atoms with Gasteiger partial charge in [-0.25, -0.2) is 4.98 Å². The molecule has 1 saturated heterocycles. The van der Waals surface area contributed by atoms with E-state index >= 15 is 0 Å². The summed E-state index contributed by atoms with van der Waals surface area (Å²) in [5.74, 6) is 0.805. The van der Waals surface area contributed by atoms with Crippen molar-refractivity contribution in [1.82, 2.24) is 9.97 Å². The van der Waals surface area contributed by atoms with Crippen molar-refractivity contribution in [2.45, 2.75) is 44.9 Å². The number of piperidine rings is 1. The fourth-order valence-corrected chi connectivity index (χ4v) is 4.79. The molecular weight excluding hydrogens is 340 g/mol. The van der Waals surface area contributed by atoms with Gasteiger partial charge in [0.05, 0.1) is 11.1 Å². The second-order valence-corrected chi connectivity index (χ2v) is 8.08. The number of para-hydroxylation sites is 1. The van der Waals surface area contributed by atoms with E-state index in [-0.39, 0.29) is 16.9 Å². The molecule has 0 atom stereocenters. The van der Waals surface area contributed by atoms with Crippen LogP contribution in [0.2, 0.25) is 0 Å². The predicted molar refractivity (Wildman–Crippen MR) is 104 cm³/mol. The molecular formula is C21H24N4O2. The molecule has 1 amide bonds. The lowest BCUT2D eigenvalue weighted by atomic mass is 9.71. The highest BCUT2D eigenvalue weighted by molar-refractivity contribution is 5.98. The molecule has 5 rings (SSSR count). The van der Waals surface area contributed by atoms with E-state index in [0.717, 1.165) is 75.0 Å². The van der Waals surface area contributed by atoms with Crippen molar-refractivity contribution in [2.75, 3.05) is 23.3 Å². The molecule has 3 heterocycles. The summed E-state index contributed by atoms with van der Waals surface area (Å²) in [5.41, 5.74) is 3.65. The Kier molecular flexibility index (Phi) is 3.81. The Morgan fingerprint density at radius 2 is 1.81 bits per heavy atom. The number of benzene rings is 1. The summed E-state index contributed by atoms with van der Waals surface area (Å²) < 4.78 is 0. The maximum Gasteiger partial charge on any atom is 0.255 e. The molecule has 0 saturated carbocycles. The molecule has 0 unspecified atom stereocenters. The molecule has 2 aliphatic heterocycles. The smallest absolute Gasteiger partial charge is 0.255 e. The van der Waals surface area contributed by atoms with Crippen molar-refractivity contribution in [2.24, 2.45) is 5.41 Å². The number of aromatic amines is 1. The van der Waals surface area contributed by atoms with Crippen molar-refractivity contribution in [3.63, 3.8) is 0 Å². The molecule has 1 aromatic carbocycles. The molecule has 1 aromatic heterocycles. The molecule has 1 spiro atoms. The molecule has 1 aliphatic carbocycles. The lowest BCUT2D eigenvalue weighted by Crippen LogP contribution is -2.50. The van der Waals surface area contributed by atoms with Gasteiger partial charge in [-0.1, -0.05) is 18.2 Å². The Morgan fingerprint density at radius 3 is 2.67 bits per heavy atom. The average molecular weight is 364 g/mol. The van der Waals surface area contributed by atoms with Crippen LogP contribution >= 0.6 is 0 Å². The number of amides is 1. The maximum atomic E-state index is 12.8. The minimum Gasteiger partial charge on any atom is -0.342 e. The molecule has 2 aromatic rings. The van der Waals surface area contributed by atoms with Gasteiger partial charge in [-0.3, -0.25) is 14.6 Å². The number of nitrogens with zero attached hydrogens (tertiary/aromatic N) is 2. The number of nitrogens with one attached hydrogen (secondary N) is 2.